The Bertz CT molecular complexity index is 900. The SMILES string of the molecule is O=C(NCC(O)c1ccco1)c1nn(-c2ccccc2)c2c1CCCCC2. The van der Waals surface area contributed by atoms with Crippen LogP contribution in [0, 0.1) is 0 Å². The van der Waals surface area contributed by atoms with Crippen LogP contribution in [0.1, 0.15) is 52.9 Å². The monoisotopic (exact) mass is 365 g/mol. The first-order chi connectivity index (χ1) is 13.2. The maximum Gasteiger partial charge on any atom is 0.272 e. The lowest BCUT2D eigenvalue weighted by atomic mass is 10.1. The van der Waals surface area contributed by atoms with E-state index >= 15 is 0 Å². The van der Waals surface area contributed by atoms with E-state index in [2.05, 4.69) is 10.4 Å². The van der Waals surface area contributed by atoms with Gasteiger partial charge >= 0.3 is 0 Å². The third-order valence-corrected chi connectivity index (χ3v) is 4.97. The zero-order chi connectivity index (χ0) is 18.6. The maximum atomic E-state index is 12.8. The van der Waals surface area contributed by atoms with Gasteiger partial charge in [0.15, 0.2) is 5.69 Å². The molecule has 1 amide bonds. The Balaban J connectivity index is 1.60. The summed E-state index contributed by atoms with van der Waals surface area (Å²) in [5.74, 6) is 0.178. The second-order valence-corrected chi connectivity index (χ2v) is 6.82. The number of hydrogen-bond donors (Lipinski definition) is 2. The lowest BCUT2D eigenvalue weighted by molar-refractivity contribution is 0.0895. The summed E-state index contributed by atoms with van der Waals surface area (Å²) in [7, 11) is 0. The number of fused-ring (bicyclic) bond motifs is 1. The molecule has 0 radical (unpaired) electrons. The van der Waals surface area contributed by atoms with Crippen molar-refractivity contribution in [1.29, 1.82) is 0 Å². The minimum Gasteiger partial charge on any atom is -0.467 e. The molecule has 6 nitrogen and oxygen atoms in total. The summed E-state index contributed by atoms with van der Waals surface area (Å²) >= 11 is 0. The van der Waals surface area contributed by atoms with Gasteiger partial charge in [-0.05, 0) is 49.9 Å². The number of rotatable bonds is 5. The number of furan rings is 1. The zero-order valence-electron chi connectivity index (χ0n) is 15.1. The average Bonchev–Trinajstić information content (AvgIpc) is 3.30. The normalized spacial score (nSPS) is 15.0. The Morgan fingerprint density at radius 1 is 1.15 bits per heavy atom. The van der Waals surface area contributed by atoms with Gasteiger partial charge in [0.25, 0.3) is 5.91 Å². The maximum absolute atomic E-state index is 12.8. The van der Waals surface area contributed by atoms with Gasteiger partial charge in [-0.2, -0.15) is 5.10 Å². The number of amides is 1. The Morgan fingerprint density at radius 3 is 2.74 bits per heavy atom. The summed E-state index contributed by atoms with van der Waals surface area (Å²) in [5.41, 5.74) is 3.57. The molecule has 140 valence electrons. The fourth-order valence-corrected chi connectivity index (χ4v) is 3.60. The van der Waals surface area contributed by atoms with Crippen LogP contribution in [0.25, 0.3) is 5.69 Å². The molecule has 1 aliphatic carbocycles. The van der Waals surface area contributed by atoms with Gasteiger partial charge in [0.05, 0.1) is 18.5 Å². The molecule has 1 aromatic carbocycles. The number of para-hydroxylation sites is 1. The Hall–Kier alpha value is -2.86. The van der Waals surface area contributed by atoms with Crippen LogP contribution in [-0.2, 0) is 12.8 Å². The summed E-state index contributed by atoms with van der Waals surface area (Å²) in [6.07, 6.45) is 5.71. The zero-order valence-corrected chi connectivity index (χ0v) is 15.1. The molecule has 0 fully saturated rings. The fraction of sp³-hybridized carbons (Fsp3) is 0.333. The first-order valence-electron chi connectivity index (χ1n) is 9.40. The van der Waals surface area contributed by atoms with Gasteiger partial charge in [-0.3, -0.25) is 4.79 Å². The van der Waals surface area contributed by atoms with E-state index in [1.165, 1.54) is 6.26 Å². The predicted molar refractivity (Wildman–Crippen MR) is 101 cm³/mol. The number of nitrogens with one attached hydrogen (secondary N) is 1. The molecule has 6 heteroatoms. The van der Waals surface area contributed by atoms with Gasteiger partial charge in [0.2, 0.25) is 0 Å². The molecular weight excluding hydrogens is 342 g/mol. The number of aliphatic hydroxyl groups excluding tert-OH is 1. The van der Waals surface area contributed by atoms with Crippen molar-refractivity contribution in [2.45, 2.75) is 38.2 Å². The van der Waals surface area contributed by atoms with Gasteiger partial charge in [-0.25, -0.2) is 4.68 Å². The van der Waals surface area contributed by atoms with Crippen LogP contribution in [0.5, 0.6) is 0 Å². The lowest BCUT2D eigenvalue weighted by Gasteiger charge is -2.09. The van der Waals surface area contributed by atoms with Crippen molar-refractivity contribution in [1.82, 2.24) is 15.1 Å². The summed E-state index contributed by atoms with van der Waals surface area (Å²) in [6, 6.07) is 13.3. The van der Waals surface area contributed by atoms with E-state index in [-0.39, 0.29) is 12.5 Å². The van der Waals surface area contributed by atoms with E-state index in [4.69, 9.17) is 4.42 Å². The standard InChI is InChI=1S/C21H23N3O3/c25-18(19-12-7-13-27-19)14-22-21(26)20-16-10-5-2-6-11-17(16)24(23-20)15-8-3-1-4-9-15/h1,3-4,7-9,12-13,18,25H,2,5-6,10-11,14H2,(H,22,26). The number of nitrogens with zero attached hydrogens (tertiary/aromatic N) is 2. The van der Waals surface area contributed by atoms with Gasteiger partial charge < -0.3 is 14.8 Å². The molecule has 1 atom stereocenters. The summed E-state index contributed by atoms with van der Waals surface area (Å²) in [5, 5.41) is 17.6. The molecule has 0 bridgehead atoms. The first kappa shape index (κ1) is 17.5. The Labute approximate surface area is 157 Å². The Kier molecular flexibility index (Phi) is 5.07. The summed E-state index contributed by atoms with van der Waals surface area (Å²) in [6.45, 7) is 0.0827. The highest BCUT2D eigenvalue weighted by Gasteiger charge is 2.25. The van der Waals surface area contributed by atoms with Crippen molar-refractivity contribution in [2.75, 3.05) is 6.54 Å². The highest BCUT2D eigenvalue weighted by Crippen LogP contribution is 2.26. The number of carbonyl (C=O) groups is 1. The van der Waals surface area contributed by atoms with Gasteiger partial charge in [-0.15, -0.1) is 0 Å². The van der Waals surface area contributed by atoms with Gasteiger partial charge in [0.1, 0.15) is 11.9 Å². The minimum atomic E-state index is -0.876. The van der Waals surface area contributed by atoms with Crippen LogP contribution < -0.4 is 5.32 Å². The number of aliphatic hydroxyl groups is 1. The van der Waals surface area contributed by atoms with Crippen molar-refractivity contribution in [3.05, 3.63) is 71.4 Å². The van der Waals surface area contributed by atoms with Crippen LogP contribution >= 0.6 is 0 Å². The van der Waals surface area contributed by atoms with Crippen molar-refractivity contribution < 1.29 is 14.3 Å². The molecule has 2 N–H and O–H groups in total. The van der Waals surface area contributed by atoms with Crippen LogP contribution in [0.3, 0.4) is 0 Å². The van der Waals surface area contributed by atoms with Crippen LogP contribution in [0.2, 0.25) is 0 Å². The molecule has 27 heavy (non-hydrogen) atoms. The Morgan fingerprint density at radius 2 is 1.96 bits per heavy atom. The van der Waals surface area contributed by atoms with Crippen LogP contribution in [0.4, 0.5) is 0 Å². The average molecular weight is 365 g/mol. The largest absolute Gasteiger partial charge is 0.467 e. The van der Waals surface area contributed by atoms with Crippen LogP contribution in [-0.4, -0.2) is 27.3 Å². The van der Waals surface area contributed by atoms with E-state index in [9.17, 15) is 9.90 Å². The lowest BCUT2D eigenvalue weighted by Crippen LogP contribution is -2.29. The smallest absolute Gasteiger partial charge is 0.272 e. The van der Waals surface area contributed by atoms with E-state index in [1.807, 2.05) is 35.0 Å². The number of carbonyl (C=O) groups excluding carboxylic acids is 1. The van der Waals surface area contributed by atoms with Crippen molar-refractivity contribution in [3.63, 3.8) is 0 Å². The van der Waals surface area contributed by atoms with Gasteiger partial charge in [0, 0.05) is 11.3 Å². The summed E-state index contributed by atoms with van der Waals surface area (Å²) in [4.78, 5) is 12.8. The second kappa shape index (κ2) is 7.80. The fourth-order valence-electron chi connectivity index (χ4n) is 3.60. The molecule has 0 spiro atoms. The summed E-state index contributed by atoms with van der Waals surface area (Å²) < 4.78 is 7.08. The first-order valence-corrected chi connectivity index (χ1v) is 9.40. The number of aromatic nitrogens is 2. The van der Waals surface area contributed by atoms with Crippen molar-refractivity contribution in [2.24, 2.45) is 0 Å². The third kappa shape index (κ3) is 3.66. The highest BCUT2D eigenvalue weighted by molar-refractivity contribution is 5.94. The molecule has 0 saturated heterocycles. The molecule has 1 aliphatic rings. The van der Waals surface area contributed by atoms with Crippen LogP contribution in [0.15, 0.2) is 53.1 Å². The number of benzene rings is 1. The molecule has 3 aromatic rings. The second-order valence-electron chi connectivity index (χ2n) is 6.82. The van der Waals surface area contributed by atoms with E-state index in [0.717, 1.165) is 49.0 Å². The third-order valence-electron chi connectivity index (χ3n) is 4.97. The predicted octanol–water partition coefficient (Wildman–Crippen LogP) is 3.20. The molecular formula is C21H23N3O3. The minimum absolute atomic E-state index is 0.0827. The molecule has 0 aliphatic heterocycles. The van der Waals surface area contributed by atoms with E-state index in [1.54, 1.807) is 12.1 Å². The molecule has 1 unspecified atom stereocenters. The van der Waals surface area contributed by atoms with E-state index < -0.39 is 6.10 Å². The van der Waals surface area contributed by atoms with Crippen molar-refractivity contribution in [3.8, 4) is 5.69 Å². The number of hydrogen-bond acceptors (Lipinski definition) is 4. The van der Waals surface area contributed by atoms with Gasteiger partial charge in [-0.1, -0.05) is 24.6 Å². The topological polar surface area (TPSA) is 80.3 Å². The molecule has 2 heterocycles. The quantitative estimate of drug-likeness (QED) is 0.681. The molecule has 2 aromatic heterocycles. The van der Waals surface area contributed by atoms with E-state index in [0.29, 0.717) is 11.5 Å². The van der Waals surface area contributed by atoms with Crippen molar-refractivity contribution >= 4 is 5.91 Å². The highest BCUT2D eigenvalue weighted by atomic mass is 16.4. The molecule has 4 rings (SSSR count). The molecule has 0 saturated carbocycles.